The fourth-order valence-corrected chi connectivity index (χ4v) is 4.76. The number of carbonyl (C=O) groups is 2. The monoisotopic (exact) mass is 851 g/mol. The van der Waals surface area contributed by atoms with Crippen LogP contribution in [0.3, 0.4) is 0 Å². The zero-order valence-corrected chi connectivity index (χ0v) is 34.0. The van der Waals surface area contributed by atoms with E-state index in [1.165, 1.54) is 6.20 Å². The van der Waals surface area contributed by atoms with Crippen molar-refractivity contribution >= 4 is 77.0 Å². The zero-order chi connectivity index (χ0) is 37.8. The summed E-state index contributed by atoms with van der Waals surface area (Å²) in [6, 6.07) is 4.16. The van der Waals surface area contributed by atoms with Crippen molar-refractivity contribution in [2.75, 3.05) is 0 Å². The van der Waals surface area contributed by atoms with Gasteiger partial charge in [-0.15, -0.1) is 20.5 Å². The Morgan fingerprint density at radius 2 is 1.07 bits per heavy atom. The smallest absolute Gasteiger partial charge is 0.871 e. The van der Waals surface area contributed by atoms with Gasteiger partial charge in [-0.3, -0.25) is 0 Å². The Morgan fingerprint density at radius 3 is 1.45 bits per heavy atom. The van der Waals surface area contributed by atoms with Crippen LogP contribution < -0.4 is 69.3 Å². The minimum Gasteiger partial charge on any atom is -0.871 e. The normalized spacial score (nSPS) is 11.2. The van der Waals surface area contributed by atoms with Crippen LogP contribution in [0.15, 0.2) is 98.3 Å². The van der Waals surface area contributed by atoms with Gasteiger partial charge in [0.1, 0.15) is 55.3 Å². The van der Waals surface area contributed by atoms with Crippen LogP contribution in [0.1, 0.15) is 20.7 Å². The summed E-state index contributed by atoms with van der Waals surface area (Å²) in [6.07, 6.45) is 7.06. The molecule has 0 radical (unpaired) electrons. The van der Waals surface area contributed by atoms with E-state index in [2.05, 4.69) is 55.3 Å². The number of hydrogen-bond acceptors (Lipinski definition) is 21. The number of aromatic nitrogens is 7. The molecule has 28 heteroatoms. The fraction of sp³-hybridized carbons (Fsp3) is 0. The van der Waals surface area contributed by atoms with E-state index >= 15 is 0 Å². The number of carboxylic acid groups (broad SMARTS) is 2. The first-order chi connectivity index (χ1) is 24.5. The van der Waals surface area contributed by atoms with Crippen LogP contribution in [0.2, 0.25) is 0 Å². The topological polar surface area (TPSA) is 375 Å². The van der Waals surface area contributed by atoms with E-state index in [1.54, 1.807) is 0 Å². The number of azo groups is 2. The van der Waals surface area contributed by atoms with Crippen LogP contribution in [0.25, 0.3) is 21.8 Å². The molecule has 23 nitrogen and oxygen atoms in total. The van der Waals surface area contributed by atoms with E-state index in [1.807, 2.05) is 0 Å². The zero-order valence-electron chi connectivity index (χ0n) is 27.4. The number of aromatic carboxylic acids is 2. The van der Waals surface area contributed by atoms with Crippen molar-refractivity contribution in [3.8, 4) is 11.5 Å². The van der Waals surface area contributed by atoms with Gasteiger partial charge < -0.3 is 29.5 Å². The maximum Gasteiger partial charge on any atom is 1.00 e. The molecule has 6 rings (SSSR count). The molecule has 4 aromatic heterocycles. The number of nitrogens with zero attached hydrogens (tertiary/aromatic N) is 11. The van der Waals surface area contributed by atoms with Crippen LogP contribution in [0, 0.1) is 0 Å². The maximum atomic E-state index is 12.1. The Hall–Kier alpha value is -4.60. The van der Waals surface area contributed by atoms with Gasteiger partial charge in [0.25, 0.3) is 0 Å². The summed E-state index contributed by atoms with van der Waals surface area (Å²) in [4.78, 5) is 47.7. The Labute approximate surface area is 361 Å². The number of rotatable bonds is 8. The van der Waals surface area contributed by atoms with Crippen molar-refractivity contribution < 1.29 is 132 Å². The summed E-state index contributed by atoms with van der Waals surface area (Å²) in [5.74, 6) is -4.61. The van der Waals surface area contributed by atoms with E-state index in [0.29, 0.717) is 6.20 Å². The molecule has 0 amide bonds. The van der Waals surface area contributed by atoms with Gasteiger partial charge in [0.05, 0.1) is 28.4 Å². The molecule has 0 aliphatic heterocycles. The molecule has 2 N–H and O–H groups in total. The second-order valence-corrected chi connectivity index (χ2v) is 12.3. The van der Waals surface area contributed by atoms with Gasteiger partial charge in [-0.25, -0.2) is 61.3 Å². The number of hydrogen-bond donors (Lipinski definition) is 2. The summed E-state index contributed by atoms with van der Waals surface area (Å²) in [5, 5.41) is 56.6. The number of benzene rings is 2. The summed E-state index contributed by atoms with van der Waals surface area (Å²) < 4.78 is 64.9. The fourth-order valence-electron chi connectivity index (χ4n) is 3.98. The molecule has 0 bridgehead atoms. The van der Waals surface area contributed by atoms with Gasteiger partial charge in [0.2, 0.25) is 0 Å². The summed E-state index contributed by atoms with van der Waals surface area (Å²) in [7, 11) is -9.39. The van der Waals surface area contributed by atoms with E-state index in [4.69, 9.17) is 10.2 Å². The summed E-state index contributed by atoms with van der Waals surface area (Å²) >= 11 is 0. The number of pyridine rings is 1. The predicted octanol–water partition coefficient (Wildman–Crippen LogP) is -4.37. The molecule has 55 heavy (non-hydrogen) atoms. The molecular formula is C27H13N11Na2NiO12S2-2. The van der Waals surface area contributed by atoms with Crippen LogP contribution >= 0.6 is 0 Å². The van der Waals surface area contributed by atoms with E-state index < -0.39 is 64.7 Å². The third-order valence-electron chi connectivity index (χ3n) is 6.31. The maximum absolute atomic E-state index is 12.1. The van der Waals surface area contributed by atoms with Crippen molar-refractivity contribution in [3.05, 3.63) is 79.0 Å². The van der Waals surface area contributed by atoms with Crippen LogP contribution in [-0.4, -0.2) is 83.0 Å². The molecule has 0 saturated heterocycles. The number of fused-ring (bicyclic) bond motifs is 2. The Kier molecular flexibility index (Phi) is 16.4. The first-order valence-corrected chi connectivity index (χ1v) is 16.2. The Bertz CT molecular complexity index is 2490. The SMILES string of the molecule is O=C(O)c1cc(N=Nc2ccc(S(=O)(=O)[O-])cn2)c2ncncc2c1[O-].O=C(O)c1cc(N=Nc2cnc(S(=O)(=O)[O-])cn2)c2ncncc2c1[O-].[Na+].[Na+].[Ni]. The van der Waals surface area contributed by atoms with Gasteiger partial charge in [-0.1, -0.05) is 11.5 Å². The van der Waals surface area contributed by atoms with Gasteiger partial charge in [0, 0.05) is 45.9 Å². The quantitative estimate of drug-likeness (QED) is 0.0829. The van der Waals surface area contributed by atoms with Crippen LogP contribution in [0.5, 0.6) is 11.5 Å². The van der Waals surface area contributed by atoms with Crippen LogP contribution in [0.4, 0.5) is 23.0 Å². The van der Waals surface area contributed by atoms with E-state index in [9.17, 15) is 45.7 Å². The van der Waals surface area contributed by atoms with Crippen molar-refractivity contribution in [2.24, 2.45) is 20.5 Å². The molecule has 2 aromatic carbocycles. The van der Waals surface area contributed by atoms with Crippen LogP contribution in [-0.2, 0) is 36.7 Å². The second-order valence-electron chi connectivity index (χ2n) is 9.60. The molecule has 274 valence electrons. The number of carboxylic acids is 2. The minimum atomic E-state index is -4.75. The van der Waals surface area contributed by atoms with Gasteiger partial charge in [-0.2, -0.15) is 0 Å². The Balaban J connectivity index is 0.000000360. The van der Waals surface area contributed by atoms with Crippen molar-refractivity contribution in [1.82, 2.24) is 34.9 Å². The predicted molar refractivity (Wildman–Crippen MR) is 162 cm³/mol. The molecule has 0 saturated carbocycles. The Morgan fingerprint density at radius 1 is 0.600 bits per heavy atom. The molecule has 0 aliphatic carbocycles. The average Bonchev–Trinajstić information content (AvgIpc) is 3.11. The minimum absolute atomic E-state index is 0. The van der Waals surface area contributed by atoms with Crippen molar-refractivity contribution in [2.45, 2.75) is 9.92 Å². The molecule has 0 aliphatic rings. The van der Waals surface area contributed by atoms with Gasteiger partial charge in [0.15, 0.2) is 16.7 Å². The molecule has 0 unspecified atom stereocenters. The van der Waals surface area contributed by atoms with E-state index in [0.717, 1.165) is 55.5 Å². The average molecular weight is 852 g/mol. The van der Waals surface area contributed by atoms with Crippen molar-refractivity contribution in [1.29, 1.82) is 0 Å². The summed E-state index contributed by atoms with van der Waals surface area (Å²) in [6.45, 7) is 0. The third-order valence-corrected chi connectivity index (χ3v) is 7.85. The molecule has 0 atom stereocenters. The molecular weight excluding hydrogens is 839 g/mol. The third kappa shape index (κ3) is 11.2. The van der Waals surface area contributed by atoms with Crippen molar-refractivity contribution in [3.63, 3.8) is 0 Å². The first-order valence-electron chi connectivity index (χ1n) is 13.4. The van der Waals surface area contributed by atoms with Gasteiger partial charge in [-0.05, 0) is 24.3 Å². The van der Waals surface area contributed by atoms with Gasteiger partial charge >= 0.3 is 71.1 Å². The molecule has 4 heterocycles. The first kappa shape index (κ1) is 46.6. The molecule has 6 aromatic rings. The van der Waals surface area contributed by atoms with E-state index in [-0.39, 0.29) is 120 Å². The molecule has 0 fully saturated rings. The summed E-state index contributed by atoms with van der Waals surface area (Å²) in [5.41, 5.74) is -0.950. The largest absolute Gasteiger partial charge is 1.00 e. The molecule has 0 spiro atoms. The standard InChI is InChI=1S/C14H9N5O6S.C13H8N6O6S.2Na.Ni/c20-13-8(14(21)22)3-10(12-9(13)5-15-6-17-12)18-19-11-2-1-7(4-16-11)26(23,24)25;20-12-6(13(21)22)1-8(11-7(12)2-14-5-17-11)18-19-9-3-16-10(4-15-9)26(23,24)25;;;/h1-6,20H,(H,21,22)(H,23,24,25);1-5,20H,(H,21,22)(H,23,24,25);;;/q;;2*+1;/p-4. The second kappa shape index (κ2) is 19.3.